The summed E-state index contributed by atoms with van der Waals surface area (Å²) in [5.74, 6) is -0.150. The molecule has 0 aromatic carbocycles. The van der Waals surface area contributed by atoms with Gasteiger partial charge in [0.1, 0.15) is 5.76 Å². The summed E-state index contributed by atoms with van der Waals surface area (Å²) in [4.78, 5) is -1.10. The Morgan fingerprint density at radius 2 is 2.08 bits per heavy atom. The number of aliphatic hydroxyl groups is 3. The Morgan fingerprint density at radius 3 is 2.54 bits per heavy atom. The number of rotatable bonds is 2. The highest BCUT2D eigenvalue weighted by molar-refractivity contribution is 6.25. The first-order valence-corrected chi connectivity index (χ1v) is 4.21. The fourth-order valence-electron chi connectivity index (χ4n) is 1.13. The van der Waals surface area contributed by atoms with Crippen LogP contribution in [0.3, 0.4) is 0 Å². The zero-order valence-corrected chi connectivity index (χ0v) is 7.97. The van der Waals surface area contributed by atoms with Crippen molar-refractivity contribution in [1.29, 1.82) is 0 Å². The van der Waals surface area contributed by atoms with Crippen LogP contribution in [-0.2, 0) is 0 Å². The number of halogens is 1. The van der Waals surface area contributed by atoms with Gasteiger partial charge >= 0.3 is 0 Å². The third-order valence-corrected chi connectivity index (χ3v) is 2.25. The topological polar surface area (TPSA) is 72.7 Å². The summed E-state index contributed by atoms with van der Waals surface area (Å²) in [6, 6.07) is 0. The maximum atomic E-state index is 9.57. The largest absolute Gasteiger partial charge is 0.508 e. The Bertz CT molecular complexity index is 271. The van der Waals surface area contributed by atoms with Gasteiger partial charge in [-0.25, -0.2) is 0 Å². The van der Waals surface area contributed by atoms with Crippen molar-refractivity contribution < 1.29 is 15.3 Å². The predicted molar refractivity (Wildman–Crippen MR) is 49.3 cm³/mol. The minimum absolute atomic E-state index is 0.150. The molecule has 0 radical (unpaired) electrons. The van der Waals surface area contributed by atoms with Crippen molar-refractivity contribution in [3.63, 3.8) is 0 Å². The van der Waals surface area contributed by atoms with Gasteiger partial charge in [-0.1, -0.05) is 11.6 Å². The van der Waals surface area contributed by atoms with Gasteiger partial charge in [0.15, 0.2) is 5.00 Å². The molecule has 4 N–H and O–H groups in total. The van der Waals surface area contributed by atoms with Gasteiger partial charge in [-0.15, -0.1) is 0 Å². The molecule has 0 aliphatic carbocycles. The van der Waals surface area contributed by atoms with E-state index in [4.69, 9.17) is 21.8 Å². The molecule has 1 atom stereocenters. The molecule has 0 amide bonds. The van der Waals surface area contributed by atoms with Crippen LogP contribution < -0.4 is 5.32 Å². The van der Waals surface area contributed by atoms with Crippen LogP contribution in [0.1, 0.15) is 6.92 Å². The minimum Gasteiger partial charge on any atom is -0.508 e. The smallest absolute Gasteiger partial charge is 0.167 e. The molecule has 1 unspecified atom stereocenters. The Kier molecular flexibility index (Phi) is 2.85. The lowest BCUT2D eigenvalue weighted by atomic mass is 10.0. The second-order valence-corrected chi connectivity index (χ2v) is 3.72. The molecule has 0 saturated carbocycles. The van der Waals surface area contributed by atoms with Gasteiger partial charge in [0.25, 0.3) is 0 Å². The molecule has 0 bridgehead atoms. The van der Waals surface area contributed by atoms with Crippen LogP contribution in [0.15, 0.2) is 23.1 Å². The van der Waals surface area contributed by atoms with Crippen LogP contribution in [0.4, 0.5) is 0 Å². The first-order chi connectivity index (χ1) is 6.03. The third-order valence-electron chi connectivity index (χ3n) is 1.96. The van der Waals surface area contributed by atoms with Gasteiger partial charge in [-0.05, 0) is 6.92 Å². The van der Waals surface area contributed by atoms with Gasteiger partial charge in [0.05, 0.1) is 13.2 Å². The summed E-state index contributed by atoms with van der Waals surface area (Å²) >= 11 is 5.86. The lowest BCUT2D eigenvalue weighted by Gasteiger charge is -2.29. The average Bonchev–Trinajstić information content (AvgIpc) is 2.09. The quantitative estimate of drug-likeness (QED) is 0.385. The van der Waals surface area contributed by atoms with Crippen LogP contribution in [0, 0.1) is 0 Å². The maximum absolute atomic E-state index is 9.57. The van der Waals surface area contributed by atoms with E-state index >= 15 is 0 Å². The molecule has 0 saturated heterocycles. The molecule has 0 fully saturated rings. The van der Waals surface area contributed by atoms with E-state index in [-0.39, 0.29) is 24.5 Å². The van der Waals surface area contributed by atoms with Gasteiger partial charge in [-0.2, -0.15) is 0 Å². The fraction of sp³-hybridized carbons (Fsp3) is 0.500. The monoisotopic (exact) mass is 205 g/mol. The molecular formula is C8H12ClNO3. The second kappa shape index (κ2) is 3.57. The lowest BCUT2D eigenvalue weighted by Crippen LogP contribution is -2.39. The highest BCUT2D eigenvalue weighted by Crippen LogP contribution is 2.29. The summed E-state index contributed by atoms with van der Waals surface area (Å²) in [7, 11) is 0. The maximum Gasteiger partial charge on any atom is 0.167 e. The van der Waals surface area contributed by atoms with E-state index in [1.165, 1.54) is 6.20 Å². The van der Waals surface area contributed by atoms with Crippen molar-refractivity contribution in [2.45, 2.75) is 11.9 Å². The summed E-state index contributed by atoms with van der Waals surface area (Å²) in [6.45, 7) is 0.965. The molecule has 0 aromatic rings. The highest BCUT2D eigenvalue weighted by Gasteiger charge is 2.31. The molecule has 0 spiro atoms. The molecule has 13 heavy (non-hydrogen) atoms. The fourth-order valence-corrected chi connectivity index (χ4v) is 1.30. The summed E-state index contributed by atoms with van der Waals surface area (Å²) in [5.41, 5.74) is 0.719. The number of aliphatic hydroxyl groups excluding tert-OH is 3. The van der Waals surface area contributed by atoms with Gasteiger partial charge in [0, 0.05) is 17.3 Å². The number of dihydropyridines is 1. The molecule has 74 valence electrons. The Labute approximate surface area is 81.1 Å². The van der Waals surface area contributed by atoms with Crippen LogP contribution in [0.5, 0.6) is 0 Å². The Balaban J connectivity index is 3.08. The van der Waals surface area contributed by atoms with E-state index in [9.17, 15) is 5.11 Å². The zero-order chi connectivity index (χ0) is 10.1. The minimum atomic E-state index is -1.10. The van der Waals surface area contributed by atoms with Crippen molar-refractivity contribution in [3.8, 4) is 0 Å². The standard InChI is InChI=1S/C8H12ClNO3/c1-8(9)7(13)6(4-12)5(3-11)2-10-8/h2,10-13H,3-4H2,1H3. The van der Waals surface area contributed by atoms with Gasteiger partial charge in [-0.3, -0.25) is 0 Å². The van der Waals surface area contributed by atoms with Crippen molar-refractivity contribution in [2.24, 2.45) is 0 Å². The third kappa shape index (κ3) is 1.80. The van der Waals surface area contributed by atoms with Crippen LogP contribution in [0.25, 0.3) is 0 Å². The molecule has 4 nitrogen and oxygen atoms in total. The summed E-state index contributed by atoms with van der Waals surface area (Å²) < 4.78 is 0. The second-order valence-electron chi connectivity index (χ2n) is 2.96. The van der Waals surface area contributed by atoms with Crippen molar-refractivity contribution >= 4 is 11.6 Å². The number of hydrogen-bond acceptors (Lipinski definition) is 4. The first kappa shape index (κ1) is 10.4. The van der Waals surface area contributed by atoms with Crippen LogP contribution >= 0.6 is 11.6 Å². The molecule has 5 heteroatoms. The van der Waals surface area contributed by atoms with Gasteiger partial charge in [0.2, 0.25) is 0 Å². The Hall–Kier alpha value is -0.710. The molecule has 1 rings (SSSR count). The van der Waals surface area contributed by atoms with E-state index in [0.717, 1.165) is 0 Å². The molecule has 1 aliphatic rings. The van der Waals surface area contributed by atoms with Crippen molar-refractivity contribution in [2.75, 3.05) is 13.2 Å². The SMILES string of the molecule is CC1(Cl)NC=C(CO)C(CO)=C1O. The van der Waals surface area contributed by atoms with Crippen LogP contribution in [0.2, 0.25) is 0 Å². The average molecular weight is 206 g/mol. The molecular weight excluding hydrogens is 194 g/mol. The summed E-state index contributed by atoms with van der Waals surface area (Å²) in [5, 5.41) is 30.1. The zero-order valence-electron chi connectivity index (χ0n) is 7.21. The van der Waals surface area contributed by atoms with E-state index < -0.39 is 5.00 Å². The van der Waals surface area contributed by atoms with Crippen molar-refractivity contribution in [3.05, 3.63) is 23.1 Å². The van der Waals surface area contributed by atoms with E-state index in [2.05, 4.69) is 5.32 Å². The van der Waals surface area contributed by atoms with E-state index in [1.807, 2.05) is 0 Å². The first-order valence-electron chi connectivity index (χ1n) is 3.83. The summed E-state index contributed by atoms with van der Waals surface area (Å²) in [6.07, 6.45) is 1.48. The van der Waals surface area contributed by atoms with E-state index in [0.29, 0.717) is 5.57 Å². The molecule has 0 aromatic heterocycles. The van der Waals surface area contributed by atoms with E-state index in [1.54, 1.807) is 6.92 Å². The van der Waals surface area contributed by atoms with Gasteiger partial charge < -0.3 is 20.6 Å². The number of hydrogen-bond donors (Lipinski definition) is 4. The number of nitrogens with one attached hydrogen (secondary N) is 1. The van der Waals surface area contributed by atoms with Crippen LogP contribution in [-0.4, -0.2) is 33.5 Å². The highest BCUT2D eigenvalue weighted by atomic mass is 35.5. The normalized spacial score (nSPS) is 28.5. The number of alkyl halides is 1. The molecule has 1 heterocycles. The van der Waals surface area contributed by atoms with Crippen molar-refractivity contribution in [1.82, 2.24) is 5.32 Å². The lowest BCUT2D eigenvalue weighted by molar-refractivity contribution is 0.275. The Morgan fingerprint density at radius 1 is 1.46 bits per heavy atom. The molecule has 1 aliphatic heterocycles. The predicted octanol–water partition coefficient (Wildman–Crippen LogP) is 0.225.